The number of imidazole rings is 1. The fourth-order valence-corrected chi connectivity index (χ4v) is 3.35. The predicted molar refractivity (Wildman–Crippen MR) is 98.0 cm³/mol. The molecule has 3 rings (SSSR count). The molecule has 0 atom stereocenters. The minimum atomic E-state index is -4.44. The lowest BCUT2D eigenvalue weighted by Crippen LogP contribution is -2.07. The Morgan fingerprint density at radius 3 is 2.54 bits per heavy atom. The quantitative estimate of drug-likeness (QED) is 0.474. The molecule has 0 aliphatic heterocycles. The molecule has 8 heteroatoms. The average molecular weight is 438 g/mol. The van der Waals surface area contributed by atoms with E-state index in [1.54, 1.807) is 16.8 Å². The van der Waals surface area contributed by atoms with Crippen LogP contribution in [0.2, 0.25) is 0 Å². The second kappa shape index (κ2) is 7.56. The molecule has 1 aromatic heterocycles. The first-order chi connectivity index (χ1) is 12.4. The second-order valence-corrected chi connectivity index (χ2v) is 7.12. The first kappa shape index (κ1) is 18.5. The van der Waals surface area contributed by atoms with Crippen molar-refractivity contribution >= 4 is 27.7 Å². The van der Waals surface area contributed by atoms with Gasteiger partial charge < -0.3 is 0 Å². The van der Waals surface area contributed by atoms with Crippen LogP contribution in [0.4, 0.5) is 13.2 Å². The Kier molecular flexibility index (Phi) is 5.39. The lowest BCUT2D eigenvalue weighted by atomic mass is 10.1. The van der Waals surface area contributed by atoms with Gasteiger partial charge in [-0.25, -0.2) is 4.98 Å². The molecule has 0 amide bonds. The van der Waals surface area contributed by atoms with Gasteiger partial charge in [-0.1, -0.05) is 45.9 Å². The fraction of sp³-hybridized carbons (Fsp3) is 0.111. The van der Waals surface area contributed by atoms with Gasteiger partial charge in [-0.05, 0) is 30.3 Å². The minimum Gasteiger partial charge on any atom is -0.287 e. The zero-order valence-corrected chi connectivity index (χ0v) is 15.6. The molecular formula is C18H11BrF3N3S. The molecule has 0 bridgehead atoms. The average Bonchev–Trinajstić information content (AvgIpc) is 3.04. The van der Waals surface area contributed by atoms with Crippen molar-refractivity contribution in [2.24, 2.45) is 0 Å². The van der Waals surface area contributed by atoms with Gasteiger partial charge in [-0.15, -0.1) is 0 Å². The van der Waals surface area contributed by atoms with Gasteiger partial charge in [0.2, 0.25) is 0 Å². The highest BCUT2D eigenvalue weighted by Gasteiger charge is 2.31. The van der Waals surface area contributed by atoms with E-state index in [1.807, 2.05) is 30.3 Å². The first-order valence-electron chi connectivity index (χ1n) is 7.41. The number of nitrogens with zero attached hydrogens (tertiary/aromatic N) is 3. The topological polar surface area (TPSA) is 41.6 Å². The van der Waals surface area contributed by atoms with Gasteiger partial charge in [0, 0.05) is 15.7 Å². The number of nitriles is 1. The summed E-state index contributed by atoms with van der Waals surface area (Å²) in [5.41, 5.74) is 1.07. The van der Waals surface area contributed by atoms with Gasteiger partial charge >= 0.3 is 6.18 Å². The van der Waals surface area contributed by atoms with Crippen LogP contribution in [0.5, 0.6) is 0 Å². The van der Waals surface area contributed by atoms with Crippen LogP contribution < -0.4 is 0 Å². The van der Waals surface area contributed by atoms with Crippen LogP contribution in [0, 0.1) is 11.3 Å². The Morgan fingerprint density at radius 1 is 1.15 bits per heavy atom. The molecule has 0 saturated carbocycles. The van der Waals surface area contributed by atoms with E-state index in [9.17, 15) is 13.2 Å². The van der Waals surface area contributed by atoms with Crippen molar-refractivity contribution in [1.29, 1.82) is 5.26 Å². The van der Waals surface area contributed by atoms with Gasteiger partial charge in [0.25, 0.3) is 0 Å². The Labute approximate surface area is 160 Å². The molecule has 0 unspecified atom stereocenters. The molecule has 3 nitrogen and oxygen atoms in total. The van der Waals surface area contributed by atoms with Gasteiger partial charge in [0.1, 0.15) is 0 Å². The number of aromatic nitrogens is 2. The van der Waals surface area contributed by atoms with Gasteiger partial charge in [0.05, 0.1) is 29.3 Å². The van der Waals surface area contributed by atoms with Crippen molar-refractivity contribution in [1.82, 2.24) is 9.55 Å². The van der Waals surface area contributed by atoms with Crippen molar-refractivity contribution in [3.8, 4) is 23.0 Å². The second-order valence-electron chi connectivity index (χ2n) is 5.26. The summed E-state index contributed by atoms with van der Waals surface area (Å²) in [5, 5.41) is 9.29. The monoisotopic (exact) mass is 437 g/mol. The number of halogens is 4. The SMILES string of the molecule is N#CCSc1ncc(-c2ccc(Br)cc2)n1-c1cccc(C(F)(F)F)c1. The number of hydrogen-bond acceptors (Lipinski definition) is 3. The van der Waals surface area contributed by atoms with Crippen molar-refractivity contribution in [3.63, 3.8) is 0 Å². The van der Waals surface area contributed by atoms with E-state index < -0.39 is 11.7 Å². The molecule has 2 aromatic carbocycles. The lowest BCUT2D eigenvalue weighted by molar-refractivity contribution is -0.137. The maximum atomic E-state index is 13.1. The predicted octanol–water partition coefficient (Wildman–Crippen LogP) is 5.94. The summed E-state index contributed by atoms with van der Waals surface area (Å²) in [6.45, 7) is 0. The fourth-order valence-electron chi connectivity index (χ4n) is 2.43. The smallest absolute Gasteiger partial charge is 0.287 e. The van der Waals surface area contributed by atoms with E-state index in [0.717, 1.165) is 22.2 Å². The van der Waals surface area contributed by atoms with E-state index in [-0.39, 0.29) is 5.75 Å². The zero-order valence-electron chi connectivity index (χ0n) is 13.2. The van der Waals surface area contributed by atoms with Gasteiger partial charge in [-0.3, -0.25) is 4.57 Å². The van der Waals surface area contributed by atoms with Crippen LogP contribution in [-0.4, -0.2) is 15.3 Å². The van der Waals surface area contributed by atoms with E-state index in [2.05, 4.69) is 20.9 Å². The molecule has 26 heavy (non-hydrogen) atoms. The highest BCUT2D eigenvalue weighted by Crippen LogP contribution is 2.34. The van der Waals surface area contributed by atoms with Crippen molar-refractivity contribution in [3.05, 3.63) is 64.8 Å². The summed E-state index contributed by atoms with van der Waals surface area (Å²) < 4.78 is 41.8. The molecule has 1 heterocycles. The minimum absolute atomic E-state index is 0.149. The van der Waals surface area contributed by atoms with Gasteiger partial charge in [-0.2, -0.15) is 18.4 Å². The van der Waals surface area contributed by atoms with Crippen LogP contribution in [0.25, 0.3) is 16.9 Å². The van der Waals surface area contributed by atoms with E-state index in [1.165, 1.54) is 17.8 Å². The maximum Gasteiger partial charge on any atom is 0.416 e. The number of rotatable bonds is 4. The molecule has 0 saturated heterocycles. The van der Waals surface area contributed by atoms with Crippen LogP contribution >= 0.6 is 27.7 Å². The summed E-state index contributed by atoms with van der Waals surface area (Å²) in [7, 11) is 0. The standard InChI is InChI=1S/C18H11BrF3N3S/c19-14-6-4-12(5-7-14)16-11-24-17(26-9-8-23)25(16)15-3-1-2-13(10-15)18(20,21)22/h1-7,10-11H,9H2. The molecule has 132 valence electrons. The van der Waals surface area contributed by atoms with Crippen molar-refractivity contribution in [2.75, 3.05) is 5.75 Å². The molecular weight excluding hydrogens is 427 g/mol. The molecule has 0 aliphatic rings. The Morgan fingerprint density at radius 2 is 1.88 bits per heavy atom. The van der Waals surface area contributed by atoms with E-state index in [4.69, 9.17) is 5.26 Å². The third-order valence-electron chi connectivity index (χ3n) is 3.57. The highest BCUT2D eigenvalue weighted by molar-refractivity contribution is 9.10. The van der Waals surface area contributed by atoms with Gasteiger partial charge in [0.15, 0.2) is 5.16 Å². The molecule has 0 radical (unpaired) electrons. The highest BCUT2D eigenvalue weighted by atomic mass is 79.9. The Hall–Kier alpha value is -2.24. The van der Waals surface area contributed by atoms with Crippen molar-refractivity contribution in [2.45, 2.75) is 11.3 Å². The van der Waals surface area contributed by atoms with E-state index in [0.29, 0.717) is 16.5 Å². The normalized spacial score (nSPS) is 11.3. The summed E-state index contributed by atoms with van der Waals surface area (Å²) in [5.74, 6) is 0.149. The van der Waals surface area contributed by atoms with Crippen LogP contribution in [0.3, 0.4) is 0 Å². The third-order valence-corrected chi connectivity index (χ3v) is 4.92. The molecule has 0 N–H and O–H groups in total. The summed E-state index contributed by atoms with van der Waals surface area (Å²) in [6.07, 6.45) is -2.84. The number of hydrogen-bond donors (Lipinski definition) is 0. The Bertz CT molecular complexity index is 959. The van der Waals surface area contributed by atoms with Crippen molar-refractivity contribution < 1.29 is 13.2 Å². The maximum absolute atomic E-state index is 13.1. The summed E-state index contributed by atoms with van der Waals surface area (Å²) >= 11 is 4.54. The number of thioether (sulfide) groups is 1. The largest absolute Gasteiger partial charge is 0.416 e. The lowest BCUT2D eigenvalue weighted by Gasteiger charge is -2.14. The molecule has 0 aliphatic carbocycles. The van der Waals surface area contributed by atoms with E-state index >= 15 is 0 Å². The zero-order chi connectivity index (χ0) is 18.7. The summed E-state index contributed by atoms with van der Waals surface area (Å²) in [4.78, 5) is 4.30. The van der Waals surface area contributed by atoms with Crippen LogP contribution in [0.15, 0.2) is 64.4 Å². The van der Waals surface area contributed by atoms with Crippen LogP contribution in [-0.2, 0) is 6.18 Å². The molecule has 0 spiro atoms. The Balaban J connectivity index is 2.16. The first-order valence-corrected chi connectivity index (χ1v) is 9.19. The number of benzene rings is 2. The number of alkyl halides is 3. The molecule has 0 fully saturated rings. The third kappa shape index (κ3) is 3.94. The summed E-state index contributed by atoms with van der Waals surface area (Å²) in [6, 6.07) is 14.5. The van der Waals surface area contributed by atoms with Crippen LogP contribution in [0.1, 0.15) is 5.56 Å². The molecule has 3 aromatic rings.